The summed E-state index contributed by atoms with van der Waals surface area (Å²) in [5.41, 5.74) is 5.01. The highest BCUT2D eigenvalue weighted by Crippen LogP contribution is 2.32. The Bertz CT molecular complexity index is 1150. The lowest BCUT2D eigenvalue weighted by Crippen LogP contribution is -2.00. The Kier molecular flexibility index (Phi) is 5.13. The minimum atomic E-state index is 0.521. The Balaban J connectivity index is 1.55. The largest absolute Gasteiger partial charge is 0.464 e. The quantitative estimate of drug-likeness (QED) is 0.416. The standard InChI is InChI=1S/C25H20N2O2/c1-4-19-7-9-20(10-8-19)16-23-26-12-11-24(27-23)29-25-17(2)14-21(15-18(25)3)22-6-5-13-28-22/h1,5-15H,16H2,2-3H3. The van der Waals surface area contributed by atoms with Gasteiger partial charge in [-0.05, 0) is 66.9 Å². The Morgan fingerprint density at radius 2 is 1.79 bits per heavy atom. The predicted molar refractivity (Wildman–Crippen MR) is 113 cm³/mol. The lowest BCUT2D eigenvalue weighted by molar-refractivity contribution is 0.452. The molecule has 0 fully saturated rings. The van der Waals surface area contributed by atoms with Crippen molar-refractivity contribution in [2.75, 3.05) is 0 Å². The molecule has 0 aliphatic carbocycles. The lowest BCUT2D eigenvalue weighted by Gasteiger charge is -2.13. The van der Waals surface area contributed by atoms with Gasteiger partial charge in [0.25, 0.3) is 0 Å². The van der Waals surface area contributed by atoms with E-state index in [1.807, 2.05) is 50.2 Å². The maximum atomic E-state index is 6.12. The topological polar surface area (TPSA) is 48.2 Å². The molecule has 0 aliphatic rings. The zero-order valence-electron chi connectivity index (χ0n) is 16.3. The van der Waals surface area contributed by atoms with E-state index in [2.05, 4.69) is 28.0 Å². The molecule has 0 bridgehead atoms. The fourth-order valence-electron chi connectivity index (χ4n) is 3.22. The molecule has 0 radical (unpaired) electrons. The van der Waals surface area contributed by atoms with Crippen LogP contribution in [0.4, 0.5) is 0 Å². The van der Waals surface area contributed by atoms with Crippen molar-refractivity contribution in [2.24, 2.45) is 0 Å². The van der Waals surface area contributed by atoms with Gasteiger partial charge in [-0.1, -0.05) is 18.1 Å². The van der Waals surface area contributed by atoms with Crippen molar-refractivity contribution in [2.45, 2.75) is 20.3 Å². The van der Waals surface area contributed by atoms with E-state index in [0.29, 0.717) is 18.1 Å². The number of aromatic nitrogens is 2. The number of aryl methyl sites for hydroxylation is 2. The van der Waals surface area contributed by atoms with Gasteiger partial charge in [-0.15, -0.1) is 6.42 Å². The number of ether oxygens (including phenoxy) is 1. The number of rotatable bonds is 5. The van der Waals surface area contributed by atoms with Gasteiger partial charge in [0.1, 0.15) is 17.3 Å². The first-order valence-corrected chi connectivity index (χ1v) is 9.33. The summed E-state index contributed by atoms with van der Waals surface area (Å²) < 4.78 is 11.6. The molecule has 0 saturated heterocycles. The van der Waals surface area contributed by atoms with Gasteiger partial charge in [-0.3, -0.25) is 0 Å². The van der Waals surface area contributed by atoms with Crippen molar-refractivity contribution in [1.29, 1.82) is 0 Å². The predicted octanol–water partition coefficient (Wildman–Crippen LogP) is 5.72. The Morgan fingerprint density at radius 3 is 2.45 bits per heavy atom. The fraction of sp³-hybridized carbons (Fsp3) is 0.120. The molecule has 29 heavy (non-hydrogen) atoms. The third-order valence-electron chi connectivity index (χ3n) is 4.64. The average molecular weight is 380 g/mol. The number of nitrogens with zero attached hydrogens (tertiary/aromatic N) is 2. The van der Waals surface area contributed by atoms with Crippen LogP contribution in [-0.2, 0) is 6.42 Å². The molecule has 4 nitrogen and oxygen atoms in total. The molecular weight excluding hydrogens is 360 g/mol. The zero-order chi connectivity index (χ0) is 20.2. The molecule has 4 rings (SSSR count). The van der Waals surface area contributed by atoms with Crippen LogP contribution in [0.3, 0.4) is 0 Å². The van der Waals surface area contributed by atoms with Crippen LogP contribution >= 0.6 is 0 Å². The summed E-state index contributed by atoms with van der Waals surface area (Å²) in [6.45, 7) is 4.04. The summed E-state index contributed by atoms with van der Waals surface area (Å²) >= 11 is 0. The van der Waals surface area contributed by atoms with Crippen molar-refractivity contribution >= 4 is 0 Å². The average Bonchev–Trinajstić information content (AvgIpc) is 3.26. The molecule has 2 aromatic carbocycles. The van der Waals surface area contributed by atoms with Crippen molar-refractivity contribution < 1.29 is 9.15 Å². The summed E-state index contributed by atoms with van der Waals surface area (Å²) in [4.78, 5) is 8.94. The monoisotopic (exact) mass is 380 g/mol. The van der Waals surface area contributed by atoms with E-state index in [-0.39, 0.29) is 0 Å². The zero-order valence-corrected chi connectivity index (χ0v) is 16.3. The van der Waals surface area contributed by atoms with E-state index in [4.69, 9.17) is 15.6 Å². The first-order chi connectivity index (χ1) is 14.1. The van der Waals surface area contributed by atoms with Crippen LogP contribution < -0.4 is 4.74 Å². The molecule has 2 heterocycles. The van der Waals surface area contributed by atoms with Crippen LogP contribution in [0.5, 0.6) is 11.6 Å². The first-order valence-electron chi connectivity index (χ1n) is 9.33. The van der Waals surface area contributed by atoms with Gasteiger partial charge in [0.2, 0.25) is 5.88 Å². The van der Waals surface area contributed by atoms with Gasteiger partial charge in [0.05, 0.1) is 6.26 Å². The van der Waals surface area contributed by atoms with E-state index in [1.165, 1.54) is 0 Å². The maximum absolute atomic E-state index is 6.12. The molecular formula is C25H20N2O2. The van der Waals surface area contributed by atoms with Crippen molar-refractivity contribution in [3.05, 3.63) is 95.1 Å². The lowest BCUT2D eigenvalue weighted by atomic mass is 10.0. The highest BCUT2D eigenvalue weighted by atomic mass is 16.5. The number of furan rings is 1. The molecule has 0 saturated carbocycles. The molecule has 0 atom stereocenters. The van der Waals surface area contributed by atoms with E-state index >= 15 is 0 Å². The molecule has 0 spiro atoms. The summed E-state index contributed by atoms with van der Waals surface area (Å²) in [5, 5.41) is 0. The second kappa shape index (κ2) is 8.04. The van der Waals surface area contributed by atoms with Crippen molar-refractivity contribution in [3.8, 4) is 35.3 Å². The van der Waals surface area contributed by atoms with Gasteiger partial charge in [0, 0.05) is 29.8 Å². The van der Waals surface area contributed by atoms with Gasteiger partial charge >= 0.3 is 0 Å². The van der Waals surface area contributed by atoms with Gasteiger partial charge in [0.15, 0.2) is 0 Å². The number of terminal acetylenes is 1. The van der Waals surface area contributed by atoms with Gasteiger partial charge in [-0.25, -0.2) is 4.98 Å². The molecule has 4 aromatic rings. The number of hydrogen-bond donors (Lipinski definition) is 0. The smallest absolute Gasteiger partial charge is 0.222 e. The van der Waals surface area contributed by atoms with E-state index in [0.717, 1.165) is 39.3 Å². The SMILES string of the molecule is C#Cc1ccc(Cc2nccc(Oc3c(C)cc(-c4ccco4)cc3C)n2)cc1. The second-order valence-corrected chi connectivity index (χ2v) is 6.85. The van der Waals surface area contributed by atoms with Crippen LogP contribution in [0, 0.1) is 26.2 Å². The highest BCUT2D eigenvalue weighted by molar-refractivity contribution is 5.63. The highest BCUT2D eigenvalue weighted by Gasteiger charge is 2.12. The van der Waals surface area contributed by atoms with E-state index < -0.39 is 0 Å². The minimum Gasteiger partial charge on any atom is -0.464 e. The third-order valence-corrected chi connectivity index (χ3v) is 4.64. The third kappa shape index (κ3) is 4.20. The molecule has 142 valence electrons. The summed E-state index contributed by atoms with van der Waals surface area (Å²) in [5.74, 6) is 5.47. The van der Waals surface area contributed by atoms with Gasteiger partial charge < -0.3 is 9.15 Å². The second-order valence-electron chi connectivity index (χ2n) is 6.85. The Morgan fingerprint density at radius 1 is 1.03 bits per heavy atom. The molecule has 0 amide bonds. The summed E-state index contributed by atoms with van der Waals surface area (Å²) in [6.07, 6.45) is 9.41. The fourth-order valence-corrected chi connectivity index (χ4v) is 3.22. The number of hydrogen-bond acceptors (Lipinski definition) is 4. The van der Waals surface area contributed by atoms with Crippen LogP contribution in [0.2, 0.25) is 0 Å². The van der Waals surface area contributed by atoms with Gasteiger partial charge in [-0.2, -0.15) is 4.98 Å². The Hall–Kier alpha value is -3.84. The maximum Gasteiger partial charge on any atom is 0.222 e. The molecule has 4 heteroatoms. The minimum absolute atomic E-state index is 0.521. The Labute approximate surface area is 170 Å². The van der Waals surface area contributed by atoms with E-state index in [9.17, 15) is 0 Å². The molecule has 2 aromatic heterocycles. The van der Waals surface area contributed by atoms with Crippen molar-refractivity contribution in [1.82, 2.24) is 9.97 Å². The van der Waals surface area contributed by atoms with Crippen LogP contribution in [0.25, 0.3) is 11.3 Å². The normalized spacial score (nSPS) is 10.5. The molecule has 0 N–H and O–H groups in total. The summed E-state index contributed by atoms with van der Waals surface area (Å²) in [6, 6.07) is 17.5. The van der Waals surface area contributed by atoms with Crippen LogP contribution in [0.1, 0.15) is 28.1 Å². The van der Waals surface area contributed by atoms with Crippen LogP contribution in [-0.4, -0.2) is 9.97 Å². The van der Waals surface area contributed by atoms with Crippen molar-refractivity contribution in [3.63, 3.8) is 0 Å². The first kappa shape index (κ1) is 18.5. The van der Waals surface area contributed by atoms with E-state index in [1.54, 1.807) is 18.5 Å². The number of benzene rings is 2. The molecule has 0 aliphatic heterocycles. The summed E-state index contributed by atoms with van der Waals surface area (Å²) in [7, 11) is 0. The van der Waals surface area contributed by atoms with Crippen LogP contribution in [0.15, 0.2) is 71.5 Å². The molecule has 0 unspecified atom stereocenters.